The Morgan fingerprint density at radius 1 is 1.16 bits per heavy atom. The number of alkyl carbamates (subject to hydrolysis) is 1. The van der Waals surface area contributed by atoms with Gasteiger partial charge in [0.1, 0.15) is 6.79 Å². The van der Waals surface area contributed by atoms with Crippen molar-refractivity contribution in [2.45, 2.75) is 61.4 Å². The van der Waals surface area contributed by atoms with Gasteiger partial charge in [0.25, 0.3) is 10.0 Å². The van der Waals surface area contributed by atoms with E-state index in [1.807, 2.05) is 30.3 Å². The van der Waals surface area contributed by atoms with Crippen LogP contribution in [-0.4, -0.2) is 95.4 Å². The molecule has 1 amide bonds. The lowest BCUT2D eigenvalue weighted by atomic mass is 10.0. The number of benzene rings is 2. The van der Waals surface area contributed by atoms with Crippen LogP contribution in [0, 0.1) is 0 Å². The van der Waals surface area contributed by atoms with Crippen LogP contribution in [0.4, 0.5) is 10.7 Å². The molecule has 15 nitrogen and oxygen atoms in total. The predicted octanol–water partition coefficient (Wildman–Crippen LogP) is 2.14. The van der Waals surface area contributed by atoms with E-state index < -0.39 is 52.0 Å². The van der Waals surface area contributed by atoms with Crippen molar-refractivity contribution in [1.82, 2.24) is 19.8 Å². The number of aliphatic hydroxyl groups excluding tert-OH is 1. The van der Waals surface area contributed by atoms with Crippen molar-refractivity contribution in [2.75, 3.05) is 38.3 Å². The number of nitrogens with one attached hydrogen (secondary N) is 3. The highest BCUT2D eigenvalue weighted by Gasteiger charge is 2.35. The number of rotatable bonds is 14. The summed E-state index contributed by atoms with van der Waals surface area (Å²) in [6.45, 7) is -0.0208. The molecule has 1 saturated heterocycles. The van der Waals surface area contributed by atoms with E-state index in [2.05, 4.69) is 20.8 Å². The van der Waals surface area contributed by atoms with Crippen LogP contribution in [-0.2, 0) is 50.9 Å². The molecule has 2 unspecified atom stereocenters. The number of ether oxygens (including phenoxy) is 3. The van der Waals surface area contributed by atoms with Gasteiger partial charge in [0.05, 0.1) is 53.9 Å². The zero-order chi connectivity index (χ0) is 31.8. The fraction of sp³-hybridized carbons (Fsp3) is 0.500. The number of sulfonamides is 1. The first kappa shape index (κ1) is 33.2. The number of H-pyrrole nitrogens is 1. The maximum Gasteiger partial charge on any atom is 0.407 e. The van der Waals surface area contributed by atoms with Crippen molar-refractivity contribution in [3.8, 4) is 0 Å². The highest BCUT2D eigenvalue weighted by Crippen LogP contribution is 2.27. The molecular formula is C28H37N5O10S2. The van der Waals surface area contributed by atoms with E-state index in [0.29, 0.717) is 23.9 Å². The lowest BCUT2D eigenvalue weighted by molar-refractivity contribution is -0.153. The van der Waals surface area contributed by atoms with E-state index >= 15 is 0 Å². The minimum atomic E-state index is -4.32. The zero-order valence-electron chi connectivity index (χ0n) is 24.6. The molecule has 1 aliphatic heterocycles. The molecule has 1 aromatic heterocycles. The van der Waals surface area contributed by atoms with Crippen molar-refractivity contribution in [3.63, 3.8) is 0 Å². The molecule has 3 atom stereocenters. The number of nitrogens with zero attached hydrogens (tertiary/aromatic N) is 2. The summed E-state index contributed by atoms with van der Waals surface area (Å²) in [6, 6.07) is 12.5. The van der Waals surface area contributed by atoms with Crippen LogP contribution in [0.15, 0.2) is 53.4 Å². The fourth-order valence-corrected chi connectivity index (χ4v) is 6.60. The molecule has 1 saturated carbocycles. The van der Waals surface area contributed by atoms with Gasteiger partial charge in [-0.1, -0.05) is 47.6 Å². The number of carbonyl (C=O) groups is 1. The third-order valence-electron chi connectivity index (χ3n) is 7.29. The van der Waals surface area contributed by atoms with E-state index in [1.165, 1.54) is 24.5 Å². The van der Waals surface area contributed by atoms with Crippen LogP contribution in [0.25, 0.3) is 11.0 Å². The zero-order valence-corrected chi connectivity index (χ0v) is 26.3. The fourth-order valence-electron chi connectivity index (χ4n) is 5.07. The number of amides is 1. The maximum atomic E-state index is 14.0. The number of hydrogen-bond acceptors (Lipinski definition) is 12. The Kier molecular flexibility index (Phi) is 11.4. The monoisotopic (exact) mass is 667 g/mol. The topological polar surface area (TPSA) is 191 Å². The normalized spacial score (nSPS) is 18.6. The molecule has 0 bridgehead atoms. The molecule has 0 radical (unpaired) electrons. The lowest BCUT2D eigenvalue weighted by Crippen LogP contribution is -2.52. The Balaban J connectivity index is 1.37. The van der Waals surface area contributed by atoms with Gasteiger partial charge in [-0.15, -0.1) is 0 Å². The average molecular weight is 668 g/mol. The molecule has 17 heteroatoms. The second kappa shape index (κ2) is 15.4. The summed E-state index contributed by atoms with van der Waals surface area (Å²) < 4.78 is 60.7. The van der Waals surface area contributed by atoms with Crippen molar-refractivity contribution < 1.29 is 45.9 Å². The second-order valence-electron chi connectivity index (χ2n) is 10.7. The number of imidazole rings is 1. The number of hydroxylamine groups is 1. The highest BCUT2D eigenvalue weighted by molar-refractivity contribution is 7.89. The van der Waals surface area contributed by atoms with Crippen LogP contribution < -0.4 is 10.8 Å². The highest BCUT2D eigenvalue weighted by atomic mass is 32.2. The molecule has 5 rings (SSSR count). The number of hydrogen-bond donors (Lipinski definition) is 4. The van der Waals surface area contributed by atoms with E-state index in [4.69, 9.17) is 23.3 Å². The summed E-state index contributed by atoms with van der Waals surface area (Å²) in [7, 11) is -4.32. The first-order valence-electron chi connectivity index (χ1n) is 14.5. The van der Waals surface area contributed by atoms with Gasteiger partial charge in [-0.05, 0) is 43.0 Å². The summed E-state index contributed by atoms with van der Waals surface area (Å²) in [4.78, 5) is 25.9. The van der Waals surface area contributed by atoms with Crippen molar-refractivity contribution in [1.29, 1.82) is 0 Å². The van der Waals surface area contributed by atoms with Crippen LogP contribution in [0.1, 0.15) is 31.2 Å². The van der Waals surface area contributed by atoms with Crippen molar-refractivity contribution in [2.24, 2.45) is 0 Å². The standard InChI is InChI=1S/C28H37N5O10S2/c1-44(36)43-32-27-29-23-12-11-22(14-24(23)30-27)45(37,38)33(42-20-9-5-6-10-20)15-26(34)25(13-19-7-3-2-4-8-19)31-28(35)41-21-16-39-18-40-17-21/h2-4,7-8,11-12,14,20-21,25-26,34H,5-6,9-10,13,15-18H2,1H3,(H,31,35)(H2,29,30,32)/t25-,26?,44?/m0/s1. The number of aliphatic hydroxyl groups is 1. The summed E-state index contributed by atoms with van der Waals surface area (Å²) in [5, 5.41) is 14.2. The van der Waals surface area contributed by atoms with Crippen molar-refractivity contribution >= 4 is 44.2 Å². The van der Waals surface area contributed by atoms with E-state index in [9.17, 15) is 22.5 Å². The lowest BCUT2D eigenvalue weighted by Gasteiger charge is -2.31. The minimum Gasteiger partial charge on any atom is -0.441 e. The van der Waals surface area contributed by atoms with Crippen LogP contribution in [0.2, 0.25) is 0 Å². The van der Waals surface area contributed by atoms with E-state index in [-0.39, 0.29) is 43.4 Å². The van der Waals surface area contributed by atoms with Gasteiger partial charge in [0, 0.05) is 6.26 Å². The van der Waals surface area contributed by atoms with Crippen LogP contribution in [0.3, 0.4) is 0 Å². The van der Waals surface area contributed by atoms with Crippen LogP contribution in [0.5, 0.6) is 0 Å². The first-order chi connectivity index (χ1) is 21.7. The predicted molar refractivity (Wildman–Crippen MR) is 162 cm³/mol. The molecule has 3 aromatic rings. The van der Waals surface area contributed by atoms with E-state index in [0.717, 1.165) is 22.9 Å². The average Bonchev–Trinajstić information content (AvgIpc) is 3.69. The number of fused-ring (bicyclic) bond motifs is 1. The molecule has 4 N–H and O–H groups in total. The number of carbonyl (C=O) groups excluding carboxylic acids is 1. The molecule has 0 spiro atoms. The minimum absolute atomic E-state index is 0.111. The van der Waals surface area contributed by atoms with Gasteiger partial charge in [0.2, 0.25) is 5.95 Å². The van der Waals surface area contributed by atoms with E-state index in [1.54, 1.807) is 0 Å². The molecule has 2 aromatic carbocycles. The molecular weight excluding hydrogens is 630 g/mol. The Hall–Kier alpha value is -3.16. The third-order valence-corrected chi connectivity index (χ3v) is 9.23. The van der Waals surface area contributed by atoms with Gasteiger partial charge in [-0.2, -0.15) is 4.28 Å². The van der Waals surface area contributed by atoms with Gasteiger partial charge in [0.15, 0.2) is 17.2 Å². The molecule has 2 aliphatic rings. The maximum absolute atomic E-state index is 14.0. The first-order valence-corrected chi connectivity index (χ1v) is 17.4. The number of aromatic nitrogens is 2. The van der Waals surface area contributed by atoms with Crippen molar-refractivity contribution in [3.05, 3.63) is 54.1 Å². The summed E-state index contributed by atoms with van der Waals surface area (Å²) in [6.07, 6.45) is 1.45. The Labute approximate surface area is 263 Å². The Morgan fingerprint density at radius 2 is 1.89 bits per heavy atom. The molecule has 2 heterocycles. The second-order valence-corrected chi connectivity index (χ2v) is 13.5. The molecule has 2 fully saturated rings. The Bertz CT molecular complexity index is 1550. The summed E-state index contributed by atoms with van der Waals surface area (Å²) >= 11 is -1.60. The summed E-state index contributed by atoms with van der Waals surface area (Å²) in [5.74, 6) is 0.136. The smallest absolute Gasteiger partial charge is 0.407 e. The van der Waals surface area contributed by atoms with Gasteiger partial charge >= 0.3 is 6.09 Å². The SMILES string of the molecule is CS(=O)ONc1nc2ccc(S(=O)(=O)N(CC(O)[C@H](Cc3ccccc3)NC(=O)OC3COCOC3)OC3CCCC3)cc2[nH]1. The largest absolute Gasteiger partial charge is 0.441 e. The number of aromatic amines is 1. The number of anilines is 1. The van der Waals surface area contributed by atoms with Crippen LogP contribution >= 0.6 is 0 Å². The third kappa shape index (κ3) is 9.20. The Morgan fingerprint density at radius 3 is 2.60 bits per heavy atom. The molecule has 1 aliphatic carbocycles. The molecule has 45 heavy (non-hydrogen) atoms. The van der Waals surface area contributed by atoms with Gasteiger partial charge in [-0.25, -0.2) is 27.9 Å². The van der Waals surface area contributed by atoms with Gasteiger partial charge < -0.3 is 29.6 Å². The summed E-state index contributed by atoms with van der Waals surface area (Å²) in [5.41, 5.74) is 4.03. The quantitative estimate of drug-likeness (QED) is 0.184. The molecule has 246 valence electrons. The van der Waals surface area contributed by atoms with Gasteiger partial charge in [-0.3, -0.25) is 4.84 Å².